The second-order valence-electron chi connectivity index (χ2n) is 2.33. The minimum absolute atomic E-state index is 0.158. The molecule has 0 aliphatic heterocycles. The summed E-state index contributed by atoms with van der Waals surface area (Å²) in [5.74, 6) is 0. The number of hydrogen-bond acceptors (Lipinski definition) is 4. The van der Waals surface area contributed by atoms with Gasteiger partial charge in [0.15, 0.2) is 8.68 Å². The number of hydrogen-bond donors (Lipinski definition) is 1. The summed E-state index contributed by atoms with van der Waals surface area (Å²) in [6.45, 7) is 2.32. The summed E-state index contributed by atoms with van der Waals surface area (Å²) in [6.07, 6.45) is 2.01. The van der Waals surface area contributed by atoms with Crippen molar-refractivity contribution < 1.29 is 8.42 Å². The van der Waals surface area contributed by atoms with Gasteiger partial charge in [0.1, 0.15) is 0 Å². The van der Waals surface area contributed by atoms with Crippen LogP contribution in [0, 0.1) is 0 Å². The molecule has 1 heterocycles. The van der Waals surface area contributed by atoms with Gasteiger partial charge in [-0.3, -0.25) is 0 Å². The van der Waals surface area contributed by atoms with Crippen LogP contribution in [-0.2, 0) is 10.0 Å². The highest BCUT2D eigenvalue weighted by Gasteiger charge is 2.15. The molecule has 0 aliphatic carbocycles. The third-order valence-electron chi connectivity index (χ3n) is 1.26. The summed E-state index contributed by atoms with van der Waals surface area (Å²) in [6, 6.07) is 0. The predicted molar refractivity (Wildman–Crippen MR) is 52.6 cm³/mol. The van der Waals surface area contributed by atoms with Crippen molar-refractivity contribution in [1.29, 1.82) is 0 Å². The quantitative estimate of drug-likeness (QED) is 0.868. The SMILES string of the molecule is CCCNS(=O)(=O)c1cnc(Cl)s1. The number of sulfonamides is 1. The highest BCUT2D eigenvalue weighted by Crippen LogP contribution is 2.21. The Morgan fingerprint density at radius 2 is 2.38 bits per heavy atom. The lowest BCUT2D eigenvalue weighted by molar-refractivity contribution is 0.582. The van der Waals surface area contributed by atoms with Crippen molar-refractivity contribution in [3.63, 3.8) is 0 Å². The summed E-state index contributed by atoms with van der Waals surface area (Å²) in [7, 11) is -3.38. The third kappa shape index (κ3) is 2.91. The first-order valence-corrected chi connectivity index (χ1v) is 6.35. The highest BCUT2D eigenvalue weighted by molar-refractivity contribution is 7.91. The number of nitrogens with one attached hydrogen (secondary N) is 1. The zero-order valence-electron chi connectivity index (χ0n) is 6.95. The van der Waals surface area contributed by atoms with Crippen molar-refractivity contribution in [1.82, 2.24) is 9.71 Å². The molecule has 0 atom stereocenters. The Balaban J connectivity index is 2.82. The summed E-state index contributed by atoms with van der Waals surface area (Å²) in [5.41, 5.74) is 0. The van der Waals surface area contributed by atoms with E-state index in [1.165, 1.54) is 6.20 Å². The molecule has 0 unspecified atom stereocenters. The molecule has 74 valence electrons. The van der Waals surface area contributed by atoms with E-state index in [1.54, 1.807) is 0 Å². The molecular formula is C6H9ClN2O2S2. The van der Waals surface area contributed by atoms with Crippen LogP contribution in [0.15, 0.2) is 10.4 Å². The summed E-state index contributed by atoms with van der Waals surface area (Å²) in [5, 5.41) is 0. The van der Waals surface area contributed by atoms with E-state index in [0.717, 1.165) is 17.8 Å². The largest absolute Gasteiger partial charge is 0.251 e. The fourth-order valence-corrected chi connectivity index (χ4v) is 3.14. The number of thiazole rings is 1. The minimum atomic E-state index is -3.38. The Kier molecular flexibility index (Phi) is 3.66. The lowest BCUT2D eigenvalue weighted by Gasteiger charge is -2.00. The molecule has 0 saturated heterocycles. The van der Waals surface area contributed by atoms with Crippen LogP contribution in [0.3, 0.4) is 0 Å². The molecule has 0 fully saturated rings. The molecule has 7 heteroatoms. The fourth-order valence-electron chi connectivity index (χ4n) is 0.671. The van der Waals surface area contributed by atoms with E-state index in [9.17, 15) is 8.42 Å². The molecule has 13 heavy (non-hydrogen) atoms. The van der Waals surface area contributed by atoms with E-state index < -0.39 is 10.0 Å². The Morgan fingerprint density at radius 3 is 2.85 bits per heavy atom. The Labute approximate surface area is 86.0 Å². The maximum atomic E-state index is 11.4. The second-order valence-corrected chi connectivity index (χ2v) is 5.94. The van der Waals surface area contributed by atoms with Gasteiger partial charge in [-0.2, -0.15) is 0 Å². The van der Waals surface area contributed by atoms with Gasteiger partial charge in [0.05, 0.1) is 6.20 Å². The molecule has 0 amide bonds. The average molecular weight is 241 g/mol. The maximum Gasteiger partial charge on any atom is 0.251 e. The zero-order valence-corrected chi connectivity index (χ0v) is 9.34. The van der Waals surface area contributed by atoms with Crippen LogP contribution in [-0.4, -0.2) is 19.9 Å². The first kappa shape index (κ1) is 10.9. The molecule has 0 spiro atoms. The van der Waals surface area contributed by atoms with Gasteiger partial charge in [-0.15, -0.1) is 0 Å². The fraction of sp³-hybridized carbons (Fsp3) is 0.500. The van der Waals surface area contributed by atoms with Crippen molar-refractivity contribution in [3.05, 3.63) is 10.7 Å². The van der Waals surface area contributed by atoms with Crippen molar-refractivity contribution in [2.24, 2.45) is 0 Å². The number of aromatic nitrogens is 1. The average Bonchev–Trinajstić information content (AvgIpc) is 2.49. The predicted octanol–water partition coefficient (Wildman–Crippen LogP) is 1.48. The van der Waals surface area contributed by atoms with Crippen LogP contribution < -0.4 is 4.72 Å². The van der Waals surface area contributed by atoms with Crippen molar-refractivity contribution in [2.75, 3.05) is 6.54 Å². The normalized spacial score (nSPS) is 11.8. The van der Waals surface area contributed by atoms with Gasteiger partial charge in [0.2, 0.25) is 0 Å². The van der Waals surface area contributed by atoms with Crippen molar-refractivity contribution in [2.45, 2.75) is 17.6 Å². The van der Waals surface area contributed by atoms with E-state index in [0.29, 0.717) is 6.54 Å². The van der Waals surface area contributed by atoms with E-state index in [4.69, 9.17) is 11.6 Å². The molecule has 0 radical (unpaired) electrons. The molecule has 0 bridgehead atoms. The Morgan fingerprint density at radius 1 is 1.69 bits per heavy atom. The van der Waals surface area contributed by atoms with Gasteiger partial charge >= 0.3 is 0 Å². The van der Waals surface area contributed by atoms with E-state index >= 15 is 0 Å². The van der Waals surface area contributed by atoms with Gasteiger partial charge in [0.25, 0.3) is 10.0 Å². The van der Waals surface area contributed by atoms with Gasteiger partial charge in [-0.25, -0.2) is 18.1 Å². The van der Waals surface area contributed by atoms with E-state index in [2.05, 4.69) is 9.71 Å². The van der Waals surface area contributed by atoms with Crippen LogP contribution in [0.2, 0.25) is 4.47 Å². The van der Waals surface area contributed by atoms with Gasteiger partial charge in [0, 0.05) is 6.54 Å². The summed E-state index contributed by atoms with van der Waals surface area (Å²) in [4.78, 5) is 3.66. The van der Waals surface area contributed by atoms with Crippen LogP contribution in [0.25, 0.3) is 0 Å². The molecule has 4 nitrogen and oxygen atoms in total. The minimum Gasteiger partial charge on any atom is -0.232 e. The van der Waals surface area contributed by atoms with Gasteiger partial charge in [-0.05, 0) is 6.42 Å². The molecular weight excluding hydrogens is 232 g/mol. The van der Waals surface area contributed by atoms with Gasteiger partial charge in [-0.1, -0.05) is 29.9 Å². The number of rotatable bonds is 4. The summed E-state index contributed by atoms with van der Waals surface area (Å²) < 4.78 is 25.6. The highest BCUT2D eigenvalue weighted by atomic mass is 35.5. The topological polar surface area (TPSA) is 59.1 Å². The zero-order chi connectivity index (χ0) is 9.90. The van der Waals surface area contributed by atoms with Gasteiger partial charge < -0.3 is 0 Å². The number of nitrogens with zero attached hydrogens (tertiary/aromatic N) is 1. The van der Waals surface area contributed by atoms with Crippen LogP contribution >= 0.6 is 22.9 Å². The smallest absolute Gasteiger partial charge is 0.232 e. The Bertz CT molecular complexity index is 374. The molecule has 0 aromatic carbocycles. The molecule has 1 N–H and O–H groups in total. The molecule has 1 aromatic heterocycles. The van der Waals surface area contributed by atoms with Crippen LogP contribution in [0.1, 0.15) is 13.3 Å². The molecule has 0 aliphatic rings. The lowest BCUT2D eigenvalue weighted by atomic mass is 10.5. The van der Waals surface area contributed by atoms with Crippen LogP contribution in [0.4, 0.5) is 0 Å². The Hall–Kier alpha value is -0.170. The first-order valence-electron chi connectivity index (χ1n) is 3.67. The van der Waals surface area contributed by atoms with Crippen molar-refractivity contribution in [3.8, 4) is 0 Å². The second kappa shape index (κ2) is 4.36. The monoisotopic (exact) mass is 240 g/mol. The summed E-state index contributed by atoms with van der Waals surface area (Å²) >= 11 is 6.46. The van der Waals surface area contributed by atoms with Crippen molar-refractivity contribution >= 4 is 33.0 Å². The molecule has 1 rings (SSSR count). The third-order valence-corrected chi connectivity index (χ3v) is 4.30. The maximum absolute atomic E-state index is 11.4. The van der Waals surface area contributed by atoms with E-state index in [1.807, 2.05) is 6.92 Å². The lowest BCUT2D eigenvalue weighted by Crippen LogP contribution is -2.23. The molecule has 0 saturated carbocycles. The standard InChI is InChI=1S/C6H9ClN2O2S2/c1-2-3-9-13(10,11)5-4-8-6(7)12-5/h4,9H,2-3H2,1H3. The van der Waals surface area contributed by atoms with E-state index in [-0.39, 0.29) is 8.68 Å². The molecule has 1 aromatic rings. The first-order chi connectivity index (χ1) is 6.06. The van der Waals surface area contributed by atoms with Crippen LogP contribution in [0.5, 0.6) is 0 Å². The number of halogens is 1.